The summed E-state index contributed by atoms with van der Waals surface area (Å²) >= 11 is 0. The maximum absolute atomic E-state index is 10.9. The minimum atomic E-state index is -1.01. The number of aliphatic carboxylic acids is 1. The molecule has 0 aromatic heterocycles. The summed E-state index contributed by atoms with van der Waals surface area (Å²) in [6.07, 6.45) is 0.203. The number of hydrogen-bond donors (Lipinski definition) is 2. The van der Waals surface area contributed by atoms with E-state index in [0.29, 0.717) is 5.56 Å². The minimum Gasteiger partial charge on any atom is -0.481 e. The first-order chi connectivity index (χ1) is 7.02. The lowest BCUT2D eigenvalue weighted by Gasteiger charge is -2.07. The lowest BCUT2D eigenvalue weighted by atomic mass is 9.98. The Morgan fingerprint density at radius 2 is 1.93 bits per heavy atom. The highest BCUT2D eigenvalue weighted by molar-refractivity contribution is 5.90. The van der Waals surface area contributed by atoms with Gasteiger partial charge in [0.25, 0.3) is 0 Å². The quantitative estimate of drug-likeness (QED) is 0.789. The van der Waals surface area contributed by atoms with Gasteiger partial charge in [-0.05, 0) is 30.5 Å². The van der Waals surface area contributed by atoms with Gasteiger partial charge in [-0.15, -0.1) is 0 Å². The average Bonchev–Trinajstić information content (AvgIpc) is 2.15. The molecule has 2 N–H and O–H groups in total. The van der Waals surface area contributed by atoms with Gasteiger partial charge in [-0.25, -0.2) is 4.79 Å². The van der Waals surface area contributed by atoms with E-state index < -0.39 is 11.9 Å². The SMILES string of the molecule is Cc1cccc(C(=O)O)c1CCC(=O)O. The molecule has 0 amide bonds. The van der Waals surface area contributed by atoms with Crippen LogP contribution in [-0.4, -0.2) is 22.2 Å². The van der Waals surface area contributed by atoms with Gasteiger partial charge >= 0.3 is 11.9 Å². The number of carboxylic acid groups (broad SMARTS) is 2. The van der Waals surface area contributed by atoms with E-state index in [1.165, 1.54) is 6.07 Å². The van der Waals surface area contributed by atoms with E-state index >= 15 is 0 Å². The fourth-order valence-electron chi connectivity index (χ4n) is 1.47. The monoisotopic (exact) mass is 208 g/mol. The molecule has 4 nitrogen and oxygen atoms in total. The first kappa shape index (κ1) is 11.2. The van der Waals surface area contributed by atoms with Gasteiger partial charge in [0, 0.05) is 6.42 Å². The van der Waals surface area contributed by atoms with Gasteiger partial charge in [0.15, 0.2) is 0 Å². The van der Waals surface area contributed by atoms with Crippen LogP contribution in [0.3, 0.4) is 0 Å². The van der Waals surface area contributed by atoms with Crippen molar-refractivity contribution in [2.75, 3.05) is 0 Å². The summed E-state index contributed by atoms with van der Waals surface area (Å²) in [4.78, 5) is 21.3. The molecule has 0 radical (unpaired) electrons. The molecule has 0 bridgehead atoms. The molecule has 0 aliphatic rings. The molecule has 0 spiro atoms. The first-order valence-corrected chi connectivity index (χ1v) is 4.56. The molecular weight excluding hydrogens is 196 g/mol. The minimum absolute atomic E-state index is 0.0505. The van der Waals surface area contributed by atoms with E-state index in [4.69, 9.17) is 10.2 Å². The van der Waals surface area contributed by atoms with Gasteiger partial charge in [0.05, 0.1) is 5.56 Å². The van der Waals surface area contributed by atoms with Gasteiger partial charge in [-0.3, -0.25) is 4.79 Å². The average molecular weight is 208 g/mol. The number of carbonyl (C=O) groups is 2. The van der Waals surface area contributed by atoms with Crippen LogP contribution in [0.5, 0.6) is 0 Å². The van der Waals surface area contributed by atoms with Crippen molar-refractivity contribution in [3.8, 4) is 0 Å². The number of aromatic carboxylic acids is 1. The Morgan fingerprint density at radius 3 is 2.47 bits per heavy atom. The van der Waals surface area contributed by atoms with Crippen LogP contribution in [0.4, 0.5) is 0 Å². The van der Waals surface area contributed by atoms with Gasteiger partial charge < -0.3 is 10.2 Å². The Bertz CT molecular complexity index is 396. The van der Waals surface area contributed by atoms with Gasteiger partial charge in [-0.2, -0.15) is 0 Å². The second kappa shape index (κ2) is 4.59. The summed E-state index contributed by atoms with van der Waals surface area (Å²) in [7, 11) is 0. The Balaban J connectivity index is 3.02. The molecule has 80 valence electrons. The zero-order valence-corrected chi connectivity index (χ0v) is 8.36. The number of carboxylic acids is 2. The summed E-state index contributed by atoms with van der Waals surface area (Å²) in [5, 5.41) is 17.5. The number of benzene rings is 1. The predicted molar refractivity (Wildman–Crippen MR) is 54.1 cm³/mol. The molecule has 1 rings (SSSR count). The summed E-state index contributed by atoms with van der Waals surface area (Å²) in [6, 6.07) is 4.93. The molecule has 15 heavy (non-hydrogen) atoms. The molecule has 0 saturated heterocycles. The van der Waals surface area contributed by atoms with Crippen LogP contribution in [0.1, 0.15) is 27.9 Å². The highest BCUT2D eigenvalue weighted by Crippen LogP contribution is 2.16. The normalized spacial score (nSPS) is 9.93. The van der Waals surface area contributed by atoms with E-state index in [2.05, 4.69) is 0 Å². The van der Waals surface area contributed by atoms with Crippen LogP contribution >= 0.6 is 0 Å². The van der Waals surface area contributed by atoms with E-state index in [-0.39, 0.29) is 18.4 Å². The van der Waals surface area contributed by atoms with Crippen molar-refractivity contribution in [2.24, 2.45) is 0 Å². The van der Waals surface area contributed by atoms with Crippen LogP contribution in [0.15, 0.2) is 18.2 Å². The molecular formula is C11H12O4. The van der Waals surface area contributed by atoms with Crippen molar-refractivity contribution in [1.29, 1.82) is 0 Å². The lowest BCUT2D eigenvalue weighted by molar-refractivity contribution is -0.136. The highest BCUT2D eigenvalue weighted by atomic mass is 16.4. The summed E-state index contributed by atoms with van der Waals surface area (Å²) in [5.41, 5.74) is 1.61. The number of rotatable bonds is 4. The highest BCUT2D eigenvalue weighted by Gasteiger charge is 2.12. The number of hydrogen-bond acceptors (Lipinski definition) is 2. The zero-order chi connectivity index (χ0) is 11.4. The first-order valence-electron chi connectivity index (χ1n) is 4.56. The van der Waals surface area contributed by atoms with Gasteiger partial charge in [-0.1, -0.05) is 12.1 Å². The fraction of sp³-hybridized carbons (Fsp3) is 0.273. The predicted octanol–water partition coefficient (Wildman–Crippen LogP) is 1.71. The molecule has 0 unspecified atom stereocenters. The second-order valence-corrected chi connectivity index (χ2v) is 3.30. The molecule has 0 aliphatic heterocycles. The van der Waals surface area contributed by atoms with Crippen LogP contribution in [0.25, 0.3) is 0 Å². The Labute approximate surface area is 87.2 Å². The van der Waals surface area contributed by atoms with Crippen molar-refractivity contribution in [2.45, 2.75) is 19.8 Å². The maximum atomic E-state index is 10.9. The smallest absolute Gasteiger partial charge is 0.335 e. The van der Waals surface area contributed by atoms with Crippen LogP contribution < -0.4 is 0 Å². The summed E-state index contributed by atoms with van der Waals surface area (Å²) < 4.78 is 0. The Morgan fingerprint density at radius 1 is 1.27 bits per heavy atom. The van der Waals surface area contributed by atoms with Crippen molar-refractivity contribution in [1.82, 2.24) is 0 Å². The zero-order valence-electron chi connectivity index (χ0n) is 8.36. The van der Waals surface area contributed by atoms with Crippen molar-refractivity contribution >= 4 is 11.9 Å². The fourth-order valence-corrected chi connectivity index (χ4v) is 1.47. The third-order valence-electron chi connectivity index (χ3n) is 2.23. The molecule has 4 heteroatoms. The molecule has 0 saturated carbocycles. The van der Waals surface area contributed by atoms with E-state index in [1.54, 1.807) is 19.1 Å². The lowest BCUT2D eigenvalue weighted by Crippen LogP contribution is -2.06. The summed E-state index contributed by atoms with van der Waals surface area (Å²) in [5.74, 6) is -1.94. The molecule has 1 aromatic carbocycles. The standard InChI is InChI=1S/C11H12O4/c1-7-3-2-4-9(11(14)15)8(7)5-6-10(12)13/h2-4H,5-6H2,1H3,(H,12,13)(H,14,15). The summed E-state index contributed by atoms with van der Waals surface area (Å²) in [6.45, 7) is 1.78. The second-order valence-electron chi connectivity index (χ2n) is 3.30. The molecule has 1 aromatic rings. The largest absolute Gasteiger partial charge is 0.481 e. The van der Waals surface area contributed by atoms with E-state index in [9.17, 15) is 9.59 Å². The Kier molecular flexibility index (Phi) is 3.44. The van der Waals surface area contributed by atoms with Gasteiger partial charge in [0.1, 0.15) is 0 Å². The molecule has 0 heterocycles. The van der Waals surface area contributed by atoms with Crippen molar-refractivity contribution in [3.63, 3.8) is 0 Å². The van der Waals surface area contributed by atoms with Crippen molar-refractivity contribution in [3.05, 3.63) is 34.9 Å². The third-order valence-corrected chi connectivity index (χ3v) is 2.23. The van der Waals surface area contributed by atoms with E-state index in [1.807, 2.05) is 0 Å². The van der Waals surface area contributed by atoms with Crippen LogP contribution in [0.2, 0.25) is 0 Å². The molecule has 0 fully saturated rings. The van der Waals surface area contributed by atoms with Gasteiger partial charge in [0.2, 0.25) is 0 Å². The number of aryl methyl sites for hydroxylation is 1. The molecule has 0 atom stereocenters. The maximum Gasteiger partial charge on any atom is 0.335 e. The van der Waals surface area contributed by atoms with Crippen LogP contribution in [-0.2, 0) is 11.2 Å². The molecule has 0 aliphatic carbocycles. The third kappa shape index (κ3) is 2.80. The van der Waals surface area contributed by atoms with Crippen molar-refractivity contribution < 1.29 is 19.8 Å². The Hall–Kier alpha value is -1.84. The van der Waals surface area contributed by atoms with Crippen LogP contribution in [0, 0.1) is 6.92 Å². The van der Waals surface area contributed by atoms with E-state index in [0.717, 1.165) is 5.56 Å². The topological polar surface area (TPSA) is 74.6 Å².